The van der Waals surface area contributed by atoms with E-state index in [-0.39, 0.29) is 4.90 Å². The summed E-state index contributed by atoms with van der Waals surface area (Å²) < 4.78 is 32.8. The number of aromatic nitrogens is 1. The molecule has 1 aromatic carbocycles. The number of rotatable bonds is 7. The molecule has 0 aliphatic rings. The quantitative estimate of drug-likeness (QED) is 0.797. The van der Waals surface area contributed by atoms with Crippen LogP contribution in [0.1, 0.15) is 16.8 Å². The molecule has 0 aliphatic carbocycles. The molecule has 2 aromatic rings. The first-order valence-electron chi connectivity index (χ1n) is 7.14. The molecule has 2 rings (SSSR count). The first kappa shape index (κ1) is 17.7. The summed E-state index contributed by atoms with van der Waals surface area (Å²) in [6.45, 7) is 3.89. The van der Waals surface area contributed by atoms with Gasteiger partial charge < -0.3 is 10.1 Å². The van der Waals surface area contributed by atoms with Crippen LogP contribution >= 0.6 is 11.3 Å². The number of thiazole rings is 1. The van der Waals surface area contributed by atoms with Gasteiger partial charge in [0.1, 0.15) is 5.75 Å². The predicted octanol–water partition coefficient (Wildman–Crippen LogP) is 2.33. The summed E-state index contributed by atoms with van der Waals surface area (Å²) in [4.78, 5) is 4.61. The highest BCUT2D eigenvalue weighted by Crippen LogP contribution is 2.25. The van der Waals surface area contributed by atoms with Crippen molar-refractivity contribution < 1.29 is 13.2 Å². The molecular formula is C15H21N3O3S2. The van der Waals surface area contributed by atoms with Gasteiger partial charge in [-0.25, -0.2) is 18.1 Å². The largest absolute Gasteiger partial charge is 0.496 e. The number of benzene rings is 1. The maximum atomic E-state index is 12.5. The Labute approximate surface area is 141 Å². The molecule has 0 amide bonds. The van der Waals surface area contributed by atoms with Crippen molar-refractivity contribution in [1.29, 1.82) is 0 Å². The maximum absolute atomic E-state index is 12.5. The average Bonchev–Trinajstić information content (AvgIpc) is 2.96. The van der Waals surface area contributed by atoms with Gasteiger partial charge in [-0.1, -0.05) is 0 Å². The molecule has 0 radical (unpaired) electrons. The van der Waals surface area contributed by atoms with Gasteiger partial charge in [0, 0.05) is 25.4 Å². The molecule has 8 heteroatoms. The number of methoxy groups -OCH3 is 1. The normalized spacial score (nSPS) is 11.5. The molecule has 0 saturated carbocycles. The van der Waals surface area contributed by atoms with Crippen LogP contribution in [-0.2, 0) is 16.4 Å². The van der Waals surface area contributed by atoms with Crippen molar-refractivity contribution in [2.45, 2.75) is 25.2 Å². The van der Waals surface area contributed by atoms with E-state index in [4.69, 9.17) is 4.74 Å². The smallest absolute Gasteiger partial charge is 0.240 e. The van der Waals surface area contributed by atoms with Gasteiger partial charge in [0.2, 0.25) is 10.0 Å². The summed E-state index contributed by atoms with van der Waals surface area (Å²) >= 11 is 1.50. The molecule has 1 aromatic heterocycles. The third kappa shape index (κ3) is 4.21. The standard InChI is InChI=1S/C15H21N3O3S2/c1-10-8-14(11(2)7-13(10)21-4)23(19,20)17-6-5-12-9-22-15(16-3)18-12/h7-9,17H,5-6H2,1-4H3,(H,16,18). The summed E-state index contributed by atoms with van der Waals surface area (Å²) in [7, 11) is -0.176. The number of ether oxygens (including phenoxy) is 1. The van der Waals surface area contributed by atoms with Crippen LogP contribution in [0, 0.1) is 13.8 Å². The summed E-state index contributed by atoms with van der Waals surface area (Å²) in [5, 5.41) is 5.70. The van der Waals surface area contributed by atoms with Gasteiger partial charge in [-0.15, -0.1) is 11.3 Å². The number of anilines is 1. The van der Waals surface area contributed by atoms with Crippen LogP contribution < -0.4 is 14.8 Å². The predicted molar refractivity (Wildman–Crippen MR) is 93.0 cm³/mol. The fraction of sp³-hybridized carbons (Fsp3) is 0.400. The monoisotopic (exact) mass is 355 g/mol. The zero-order chi connectivity index (χ0) is 17.0. The minimum Gasteiger partial charge on any atom is -0.496 e. The Morgan fingerprint density at radius 1 is 1.26 bits per heavy atom. The van der Waals surface area contributed by atoms with Crippen molar-refractivity contribution in [3.63, 3.8) is 0 Å². The van der Waals surface area contributed by atoms with Crippen molar-refractivity contribution in [3.05, 3.63) is 34.3 Å². The highest BCUT2D eigenvalue weighted by atomic mass is 32.2. The topological polar surface area (TPSA) is 80.3 Å². The minimum atomic E-state index is -3.55. The molecular weight excluding hydrogens is 334 g/mol. The number of nitrogens with zero attached hydrogens (tertiary/aromatic N) is 1. The van der Waals surface area contributed by atoms with Crippen LogP contribution in [0.2, 0.25) is 0 Å². The molecule has 23 heavy (non-hydrogen) atoms. The summed E-state index contributed by atoms with van der Waals surface area (Å²) in [6, 6.07) is 3.38. The number of aryl methyl sites for hydroxylation is 2. The van der Waals surface area contributed by atoms with Gasteiger partial charge in [-0.05, 0) is 37.1 Å². The Kier molecular flexibility index (Phi) is 5.61. The van der Waals surface area contributed by atoms with Crippen LogP contribution in [0.5, 0.6) is 5.75 Å². The second-order valence-electron chi connectivity index (χ2n) is 5.13. The lowest BCUT2D eigenvalue weighted by atomic mass is 10.1. The van der Waals surface area contributed by atoms with Crippen LogP contribution in [0.25, 0.3) is 0 Å². The van der Waals surface area contributed by atoms with Crippen LogP contribution in [-0.4, -0.2) is 34.1 Å². The van der Waals surface area contributed by atoms with Crippen molar-refractivity contribution in [1.82, 2.24) is 9.71 Å². The Hall–Kier alpha value is -1.64. The lowest BCUT2D eigenvalue weighted by molar-refractivity contribution is 0.411. The summed E-state index contributed by atoms with van der Waals surface area (Å²) in [6.07, 6.45) is 0.547. The van der Waals surface area contributed by atoms with Crippen LogP contribution in [0.4, 0.5) is 5.13 Å². The van der Waals surface area contributed by atoms with Gasteiger partial charge >= 0.3 is 0 Å². The van der Waals surface area contributed by atoms with E-state index in [2.05, 4.69) is 15.0 Å². The lowest BCUT2D eigenvalue weighted by Crippen LogP contribution is -2.26. The van der Waals surface area contributed by atoms with Crippen LogP contribution in [0.3, 0.4) is 0 Å². The third-order valence-electron chi connectivity index (χ3n) is 3.42. The number of hydrogen-bond acceptors (Lipinski definition) is 6. The van der Waals surface area contributed by atoms with Crippen molar-refractivity contribution in [3.8, 4) is 5.75 Å². The van der Waals surface area contributed by atoms with Crippen molar-refractivity contribution in [2.75, 3.05) is 26.0 Å². The van der Waals surface area contributed by atoms with Crippen molar-refractivity contribution in [2.24, 2.45) is 0 Å². The zero-order valence-corrected chi connectivity index (χ0v) is 15.3. The van der Waals surface area contributed by atoms with E-state index in [0.29, 0.717) is 24.3 Å². The van der Waals surface area contributed by atoms with Gasteiger partial charge in [0.25, 0.3) is 0 Å². The second-order valence-corrected chi connectivity index (χ2v) is 7.72. The molecule has 6 nitrogen and oxygen atoms in total. The van der Waals surface area contributed by atoms with Gasteiger partial charge in [-0.3, -0.25) is 0 Å². The Bertz CT molecular complexity index is 785. The number of nitrogens with one attached hydrogen (secondary N) is 2. The first-order valence-corrected chi connectivity index (χ1v) is 9.50. The Morgan fingerprint density at radius 2 is 2.00 bits per heavy atom. The van der Waals surface area contributed by atoms with E-state index < -0.39 is 10.0 Å². The third-order valence-corrected chi connectivity index (χ3v) is 5.93. The van der Waals surface area contributed by atoms with Crippen LogP contribution in [0.15, 0.2) is 22.4 Å². The van der Waals surface area contributed by atoms with E-state index in [1.165, 1.54) is 11.3 Å². The molecule has 2 N–H and O–H groups in total. The Balaban J connectivity index is 2.08. The number of hydrogen-bond donors (Lipinski definition) is 2. The molecule has 0 bridgehead atoms. The van der Waals surface area contributed by atoms with Crippen molar-refractivity contribution >= 4 is 26.5 Å². The van der Waals surface area contributed by atoms with E-state index in [0.717, 1.165) is 16.4 Å². The molecule has 0 saturated heterocycles. The molecule has 1 heterocycles. The fourth-order valence-electron chi connectivity index (χ4n) is 2.20. The highest BCUT2D eigenvalue weighted by Gasteiger charge is 2.18. The first-order chi connectivity index (χ1) is 10.9. The van der Waals surface area contributed by atoms with E-state index in [1.807, 2.05) is 12.3 Å². The van der Waals surface area contributed by atoms with Gasteiger partial charge in [0.05, 0.1) is 17.7 Å². The zero-order valence-electron chi connectivity index (χ0n) is 13.6. The number of sulfonamides is 1. The van der Waals surface area contributed by atoms with E-state index in [9.17, 15) is 8.42 Å². The minimum absolute atomic E-state index is 0.282. The van der Waals surface area contributed by atoms with E-state index >= 15 is 0 Å². The molecule has 126 valence electrons. The molecule has 0 atom stereocenters. The summed E-state index contributed by atoms with van der Waals surface area (Å²) in [5.41, 5.74) is 2.31. The average molecular weight is 355 g/mol. The van der Waals surface area contributed by atoms with Gasteiger partial charge in [0.15, 0.2) is 5.13 Å². The Morgan fingerprint density at radius 3 is 2.61 bits per heavy atom. The fourth-order valence-corrected chi connectivity index (χ4v) is 4.25. The van der Waals surface area contributed by atoms with E-state index in [1.54, 1.807) is 33.2 Å². The second kappa shape index (κ2) is 7.29. The van der Waals surface area contributed by atoms with Gasteiger partial charge in [-0.2, -0.15) is 0 Å². The molecule has 0 unspecified atom stereocenters. The molecule has 0 fully saturated rings. The maximum Gasteiger partial charge on any atom is 0.240 e. The molecule has 0 spiro atoms. The molecule has 0 aliphatic heterocycles. The lowest BCUT2D eigenvalue weighted by Gasteiger charge is -2.12. The highest BCUT2D eigenvalue weighted by molar-refractivity contribution is 7.89. The SMILES string of the molecule is CNc1nc(CCNS(=O)(=O)c2cc(C)c(OC)cc2C)cs1. The summed E-state index contributed by atoms with van der Waals surface area (Å²) in [5.74, 6) is 0.684.